The molecule has 0 amide bonds. The molecule has 6 heteroatoms. The van der Waals surface area contributed by atoms with Crippen molar-refractivity contribution in [2.45, 2.75) is 77.8 Å². The van der Waals surface area contributed by atoms with Crippen molar-refractivity contribution in [3.63, 3.8) is 0 Å². The quantitative estimate of drug-likeness (QED) is 0.589. The number of hydrogen-bond acceptors (Lipinski definition) is 4. The Morgan fingerprint density at radius 1 is 1.00 bits per heavy atom. The van der Waals surface area contributed by atoms with Gasteiger partial charge in [-0.15, -0.1) is 0 Å². The van der Waals surface area contributed by atoms with Gasteiger partial charge in [0.2, 0.25) is 0 Å². The Balaban J connectivity index is 1.85. The Kier molecular flexibility index (Phi) is 6.03. The Morgan fingerprint density at radius 3 is 1.96 bits per heavy atom. The van der Waals surface area contributed by atoms with Gasteiger partial charge in [0.25, 0.3) is 0 Å². The average molecular weight is 377 g/mol. The van der Waals surface area contributed by atoms with Gasteiger partial charge in [-0.2, -0.15) is 0 Å². The van der Waals surface area contributed by atoms with Gasteiger partial charge in [0.15, 0.2) is 8.32 Å². The second-order valence-corrected chi connectivity index (χ2v) is 14.6. The highest BCUT2D eigenvalue weighted by Gasteiger charge is 2.51. The molecule has 1 aliphatic heterocycles. The van der Waals surface area contributed by atoms with Crippen molar-refractivity contribution in [3.8, 4) is 0 Å². The summed E-state index contributed by atoms with van der Waals surface area (Å²) in [6.07, 6.45) is 0. The van der Waals surface area contributed by atoms with Gasteiger partial charge in [0.1, 0.15) is 0 Å². The second kappa shape index (κ2) is 7.30. The van der Waals surface area contributed by atoms with E-state index in [1.54, 1.807) is 0 Å². The van der Waals surface area contributed by atoms with Crippen LogP contribution < -0.4 is 10.8 Å². The van der Waals surface area contributed by atoms with Crippen molar-refractivity contribution in [1.82, 2.24) is 0 Å². The van der Waals surface area contributed by atoms with Crippen LogP contribution in [0.25, 0.3) is 0 Å². The summed E-state index contributed by atoms with van der Waals surface area (Å²) in [6, 6.07) is 8.29. The van der Waals surface area contributed by atoms with Crippen LogP contribution in [0.3, 0.4) is 0 Å². The molecule has 146 valence electrons. The molecule has 1 N–H and O–H groups in total. The highest BCUT2D eigenvalue weighted by molar-refractivity contribution is 6.74. The predicted octanol–water partition coefficient (Wildman–Crippen LogP) is 4.42. The zero-order valence-corrected chi connectivity index (χ0v) is 19.0. The van der Waals surface area contributed by atoms with E-state index in [9.17, 15) is 0 Å². The van der Waals surface area contributed by atoms with Crippen LogP contribution in [0.2, 0.25) is 18.1 Å². The monoisotopic (exact) mass is 377 g/mol. The molecule has 0 aliphatic carbocycles. The summed E-state index contributed by atoms with van der Waals surface area (Å²) in [5.74, 6) is 0. The fraction of sp³-hybridized carbons (Fsp3) is 0.700. The minimum absolute atomic E-state index is 0.248. The first kappa shape index (κ1) is 21.5. The lowest BCUT2D eigenvalue weighted by molar-refractivity contribution is 0.00578. The van der Waals surface area contributed by atoms with Crippen LogP contribution in [0.15, 0.2) is 24.3 Å². The zero-order valence-electron chi connectivity index (χ0n) is 18.0. The number of benzene rings is 1. The van der Waals surface area contributed by atoms with Crippen molar-refractivity contribution in [1.29, 1.82) is 0 Å². The highest BCUT2D eigenvalue weighted by Crippen LogP contribution is 2.37. The molecule has 1 saturated heterocycles. The topological polar surface area (TPSA) is 39.7 Å². The maximum Gasteiger partial charge on any atom is 0.494 e. The van der Waals surface area contributed by atoms with Crippen LogP contribution in [0.5, 0.6) is 0 Å². The van der Waals surface area contributed by atoms with Crippen molar-refractivity contribution < 1.29 is 13.7 Å². The van der Waals surface area contributed by atoms with Gasteiger partial charge in [0.05, 0.1) is 17.8 Å². The molecule has 1 aliphatic rings. The van der Waals surface area contributed by atoms with Crippen molar-refractivity contribution >= 4 is 26.6 Å². The molecule has 0 radical (unpaired) electrons. The molecule has 2 rings (SSSR count). The van der Waals surface area contributed by atoms with E-state index in [1.807, 2.05) is 0 Å². The molecular weight excluding hydrogens is 341 g/mol. The molecule has 1 fully saturated rings. The molecule has 0 saturated carbocycles. The van der Waals surface area contributed by atoms with Crippen molar-refractivity contribution in [2.75, 3.05) is 18.5 Å². The molecule has 1 aromatic carbocycles. The number of anilines is 1. The van der Waals surface area contributed by atoms with Gasteiger partial charge < -0.3 is 19.1 Å². The van der Waals surface area contributed by atoms with Crippen LogP contribution in [0, 0.1) is 0 Å². The smallest absolute Gasteiger partial charge is 0.415 e. The number of hydrogen-bond donors (Lipinski definition) is 1. The molecule has 0 unspecified atom stereocenters. The normalized spacial score (nSPS) is 19.7. The summed E-state index contributed by atoms with van der Waals surface area (Å²) < 4.78 is 18.4. The van der Waals surface area contributed by atoms with E-state index in [4.69, 9.17) is 13.7 Å². The van der Waals surface area contributed by atoms with Gasteiger partial charge in [0, 0.05) is 12.2 Å². The predicted molar refractivity (Wildman–Crippen MR) is 114 cm³/mol. The lowest BCUT2D eigenvalue weighted by atomic mass is 9.79. The van der Waals surface area contributed by atoms with E-state index in [2.05, 4.69) is 91.1 Å². The Labute approximate surface area is 161 Å². The minimum Gasteiger partial charge on any atom is -0.415 e. The van der Waals surface area contributed by atoms with Crippen LogP contribution in [0.1, 0.15) is 48.5 Å². The van der Waals surface area contributed by atoms with Crippen molar-refractivity contribution in [2.24, 2.45) is 0 Å². The fourth-order valence-corrected chi connectivity index (χ4v) is 3.50. The van der Waals surface area contributed by atoms with Crippen LogP contribution in [-0.4, -0.2) is 39.8 Å². The van der Waals surface area contributed by atoms with Gasteiger partial charge in [-0.1, -0.05) is 32.9 Å². The van der Waals surface area contributed by atoms with E-state index in [0.29, 0.717) is 0 Å². The summed E-state index contributed by atoms with van der Waals surface area (Å²) in [4.78, 5) is 0. The molecule has 0 bridgehead atoms. The highest BCUT2D eigenvalue weighted by atomic mass is 28.4. The van der Waals surface area contributed by atoms with Crippen LogP contribution >= 0.6 is 0 Å². The molecular formula is C20H36BNO3Si. The molecule has 1 heterocycles. The molecule has 0 atom stereocenters. The molecule has 0 spiro atoms. The SMILES string of the molecule is CC1(C)OB(c2ccc(NCCO[Si](C)(C)C(C)(C)C)cc2)OC1(C)C. The summed E-state index contributed by atoms with van der Waals surface area (Å²) in [6.45, 7) is 21.2. The number of nitrogens with one attached hydrogen (secondary N) is 1. The molecule has 4 nitrogen and oxygen atoms in total. The van der Waals surface area contributed by atoms with Gasteiger partial charge in [-0.25, -0.2) is 0 Å². The van der Waals surface area contributed by atoms with Crippen LogP contribution in [0.4, 0.5) is 5.69 Å². The average Bonchev–Trinajstić information content (AvgIpc) is 2.71. The van der Waals surface area contributed by atoms with E-state index in [0.717, 1.165) is 24.3 Å². The third kappa shape index (κ3) is 4.72. The van der Waals surface area contributed by atoms with E-state index < -0.39 is 8.32 Å². The third-order valence-electron chi connectivity index (χ3n) is 6.14. The zero-order chi connectivity index (χ0) is 19.8. The first-order valence-corrected chi connectivity index (χ1v) is 12.5. The minimum atomic E-state index is -1.67. The fourth-order valence-electron chi connectivity index (χ4n) is 2.46. The first-order chi connectivity index (χ1) is 11.8. The Morgan fingerprint density at radius 2 is 1.50 bits per heavy atom. The lowest BCUT2D eigenvalue weighted by Gasteiger charge is -2.36. The standard InChI is InChI=1S/C20H36BNO3Si/c1-18(2,3)26(8,9)23-15-14-22-17-12-10-16(11-13-17)21-24-19(4,5)20(6,7)25-21/h10-13,22H,14-15H2,1-9H3. The molecule has 1 aromatic rings. The summed E-state index contributed by atoms with van der Waals surface area (Å²) in [5, 5.41) is 3.68. The third-order valence-corrected chi connectivity index (χ3v) is 10.7. The van der Waals surface area contributed by atoms with Gasteiger partial charge >= 0.3 is 7.12 Å². The Hall–Kier alpha value is -0.818. The van der Waals surface area contributed by atoms with Gasteiger partial charge in [-0.3, -0.25) is 0 Å². The maximum atomic E-state index is 6.20. The lowest BCUT2D eigenvalue weighted by Crippen LogP contribution is -2.41. The Bertz CT molecular complexity index is 592. The van der Waals surface area contributed by atoms with Crippen LogP contribution in [-0.2, 0) is 13.7 Å². The van der Waals surface area contributed by atoms with E-state index in [-0.39, 0.29) is 23.4 Å². The summed E-state index contributed by atoms with van der Waals surface area (Å²) >= 11 is 0. The molecule has 0 aromatic heterocycles. The summed E-state index contributed by atoms with van der Waals surface area (Å²) in [7, 11) is -1.98. The number of rotatable bonds is 6. The van der Waals surface area contributed by atoms with E-state index in [1.165, 1.54) is 0 Å². The summed E-state index contributed by atoms with van der Waals surface area (Å²) in [5.41, 5.74) is 1.52. The largest absolute Gasteiger partial charge is 0.494 e. The maximum absolute atomic E-state index is 6.20. The van der Waals surface area contributed by atoms with Crippen molar-refractivity contribution in [3.05, 3.63) is 24.3 Å². The first-order valence-electron chi connectivity index (χ1n) is 9.59. The molecule has 26 heavy (non-hydrogen) atoms. The van der Waals surface area contributed by atoms with E-state index >= 15 is 0 Å². The second-order valence-electron chi connectivity index (χ2n) is 9.75. The van der Waals surface area contributed by atoms with Gasteiger partial charge in [-0.05, 0) is 63.4 Å².